The van der Waals surface area contributed by atoms with Crippen LogP contribution in [0.5, 0.6) is 0 Å². The molecule has 1 saturated heterocycles. The largest absolute Gasteiger partial charge is 0.336 e. The minimum absolute atomic E-state index is 0.0480. The molecule has 17 heavy (non-hydrogen) atoms. The lowest BCUT2D eigenvalue weighted by molar-refractivity contribution is 0.0691. The number of aromatic amines is 1. The Bertz CT molecular complexity index is 413. The number of amides is 1. The fraction of sp³-hybridized carbons (Fsp3) is 0.667. The zero-order valence-electron chi connectivity index (χ0n) is 10.7. The van der Waals surface area contributed by atoms with Crippen LogP contribution in [0.25, 0.3) is 0 Å². The molecule has 1 unspecified atom stereocenters. The molecule has 5 nitrogen and oxygen atoms in total. The molecule has 94 valence electrons. The van der Waals surface area contributed by atoms with Gasteiger partial charge in [-0.15, -0.1) is 0 Å². The highest BCUT2D eigenvalue weighted by Crippen LogP contribution is 2.16. The van der Waals surface area contributed by atoms with Crippen molar-refractivity contribution in [1.82, 2.24) is 20.4 Å². The molecule has 0 aliphatic carbocycles. The van der Waals surface area contributed by atoms with Crippen LogP contribution >= 0.6 is 0 Å². The summed E-state index contributed by atoms with van der Waals surface area (Å²) in [5.41, 5.74) is 2.50. The van der Waals surface area contributed by atoms with Crippen molar-refractivity contribution in [3.05, 3.63) is 17.0 Å². The second kappa shape index (κ2) is 4.87. The number of rotatable bonds is 2. The molecule has 0 bridgehead atoms. The van der Waals surface area contributed by atoms with Gasteiger partial charge in [-0.3, -0.25) is 9.89 Å². The van der Waals surface area contributed by atoms with Crippen LogP contribution in [-0.4, -0.2) is 47.2 Å². The average molecular weight is 236 g/mol. The minimum atomic E-state index is 0.0480. The molecule has 0 saturated carbocycles. The van der Waals surface area contributed by atoms with E-state index >= 15 is 0 Å². The smallest absolute Gasteiger partial charge is 0.274 e. The highest BCUT2D eigenvalue weighted by molar-refractivity contribution is 5.94. The fourth-order valence-corrected chi connectivity index (χ4v) is 2.24. The summed E-state index contributed by atoms with van der Waals surface area (Å²) in [6.07, 6.45) is 2.19. The van der Waals surface area contributed by atoms with Gasteiger partial charge in [-0.25, -0.2) is 0 Å². The van der Waals surface area contributed by atoms with Crippen molar-refractivity contribution in [2.45, 2.75) is 32.7 Å². The Hall–Kier alpha value is -1.36. The lowest BCUT2D eigenvalue weighted by atomic mass is 10.1. The quantitative estimate of drug-likeness (QED) is 0.800. The second-order valence-corrected chi connectivity index (χ2v) is 4.70. The highest BCUT2D eigenvalue weighted by Gasteiger charge is 2.26. The first kappa shape index (κ1) is 12.1. The van der Waals surface area contributed by atoms with Crippen molar-refractivity contribution < 1.29 is 4.79 Å². The summed E-state index contributed by atoms with van der Waals surface area (Å²) in [7, 11) is 1.95. The van der Waals surface area contributed by atoms with Crippen molar-refractivity contribution >= 4 is 5.91 Å². The highest BCUT2D eigenvalue weighted by atomic mass is 16.2. The SMILES string of the molecule is CNC1CCCN(C(=O)c2n[nH]c(C)c2C)C1. The summed E-state index contributed by atoms with van der Waals surface area (Å²) in [4.78, 5) is 14.2. The molecule has 0 aromatic carbocycles. The van der Waals surface area contributed by atoms with Crippen LogP contribution in [0.4, 0.5) is 0 Å². The summed E-state index contributed by atoms with van der Waals surface area (Å²) in [5, 5.41) is 10.2. The Morgan fingerprint density at radius 3 is 2.88 bits per heavy atom. The van der Waals surface area contributed by atoms with E-state index in [9.17, 15) is 4.79 Å². The van der Waals surface area contributed by atoms with Crippen LogP contribution in [0.1, 0.15) is 34.6 Å². The first-order valence-corrected chi connectivity index (χ1v) is 6.11. The maximum Gasteiger partial charge on any atom is 0.274 e. The molecular weight excluding hydrogens is 216 g/mol. The van der Waals surface area contributed by atoms with E-state index in [0.29, 0.717) is 11.7 Å². The van der Waals surface area contributed by atoms with Gasteiger partial charge in [0.2, 0.25) is 0 Å². The summed E-state index contributed by atoms with van der Waals surface area (Å²) in [5.74, 6) is 0.0480. The summed E-state index contributed by atoms with van der Waals surface area (Å²) >= 11 is 0. The van der Waals surface area contributed by atoms with E-state index in [1.165, 1.54) is 0 Å². The van der Waals surface area contributed by atoms with Crippen molar-refractivity contribution in [2.75, 3.05) is 20.1 Å². The van der Waals surface area contributed by atoms with E-state index in [2.05, 4.69) is 15.5 Å². The van der Waals surface area contributed by atoms with Gasteiger partial charge in [-0.2, -0.15) is 5.10 Å². The number of nitrogens with zero attached hydrogens (tertiary/aromatic N) is 2. The zero-order chi connectivity index (χ0) is 12.4. The maximum atomic E-state index is 12.3. The van der Waals surface area contributed by atoms with Crippen LogP contribution < -0.4 is 5.32 Å². The molecule has 1 fully saturated rings. The molecule has 2 rings (SSSR count). The molecule has 5 heteroatoms. The number of aromatic nitrogens is 2. The number of hydrogen-bond acceptors (Lipinski definition) is 3. The zero-order valence-corrected chi connectivity index (χ0v) is 10.7. The lowest BCUT2D eigenvalue weighted by Crippen LogP contribution is -2.47. The van der Waals surface area contributed by atoms with Gasteiger partial charge in [-0.05, 0) is 33.7 Å². The molecule has 0 radical (unpaired) electrons. The molecule has 1 atom stereocenters. The molecule has 0 spiro atoms. The summed E-state index contributed by atoms with van der Waals surface area (Å²) in [6, 6.07) is 0.410. The minimum Gasteiger partial charge on any atom is -0.336 e. The fourth-order valence-electron chi connectivity index (χ4n) is 2.24. The number of H-pyrrole nitrogens is 1. The van der Waals surface area contributed by atoms with E-state index in [4.69, 9.17) is 0 Å². The molecule has 2 heterocycles. The lowest BCUT2D eigenvalue weighted by Gasteiger charge is -2.32. The molecule has 1 aromatic heterocycles. The number of nitrogens with one attached hydrogen (secondary N) is 2. The standard InChI is InChI=1S/C12H20N4O/c1-8-9(2)14-15-11(8)12(17)16-6-4-5-10(7-16)13-3/h10,13H,4-7H2,1-3H3,(H,14,15). The number of likely N-dealkylation sites (tertiary alicyclic amines) is 1. The monoisotopic (exact) mass is 236 g/mol. The number of likely N-dealkylation sites (N-methyl/N-ethyl adjacent to an activating group) is 1. The second-order valence-electron chi connectivity index (χ2n) is 4.70. The van der Waals surface area contributed by atoms with E-state index in [1.54, 1.807) is 0 Å². The van der Waals surface area contributed by atoms with Crippen molar-refractivity contribution in [3.8, 4) is 0 Å². The van der Waals surface area contributed by atoms with Gasteiger partial charge in [0.1, 0.15) is 0 Å². The van der Waals surface area contributed by atoms with Crippen LogP contribution in [0.15, 0.2) is 0 Å². The van der Waals surface area contributed by atoms with Gasteiger partial charge in [0, 0.05) is 30.4 Å². The number of piperidine rings is 1. The third kappa shape index (κ3) is 2.34. The van der Waals surface area contributed by atoms with Crippen LogP contribution in [-0.2, 0) is 0 Å². The number of hydrogen-bond donors (Lipinski definition) is 2. The molecular formula is C12H20N4O. The van der Waals surface area contributed by atoms with E-state index in [-0.39, 0.29) is 5.91 Å². The van der Waals surface area contributed by atoms with E-state index < -0.39 is 0 Å². The van der Waals surface area contributed by atoms with Crippen LogP contribution in [0.2, 0.25) is 0 Å². The first-order valence-electron chi connectivity index (χ1n) is 6.11. The average Bonchev–Trinajstić information content (AvgIpc) is 2.69. The van der Waals surface area contributed by atoms with Crippen LogP contribution in [0, 0.1) is 13.8 Å². The van der Waals surface area contributed by atoms with Crippen LogP contribution in [0.3, 0.4) is 0 Å². The van der Waals surface area contributed by atoms with Gasteiger partial charge in [0.05, 0.1) is 0 Å². The van der Waals surface area contributed by atoms with Crippen molar-refractivity contribution in [3.63, 3.8) is 0 Å². The summed E-state index contributed by atoms with van der Waals surface area (Å²) < 4.78 is 0. The molecule has 1 aliphatic heterocycles. The van der Waals surface area contributed by atoms with Gasteiger partial charge < -0.3 is 10.2 Å². The third-order valence-corrected chi connectivity index (χ3v) is 3.57. The molecule has 2 N–H and O–H groups in total. The molecule has 1 amide bonds. The molecule has 1 aromatic rings. The van der Waals surface area contributed by atoms with Gasteiger partial charge >= 0.3 is 0 Å². The van der Waals surface area contributed by atoms with Gasteiger partial charge in [0.15, 0.2) is 5.69 Å². The van der Waals surface area contributed by atoms with Gasteiger partial charge in [0.25, 0.3) is 5.91 Å². The Morgan fingerprint density at radius 1 is 1.53 bits per heavy atom. The topological polar surface area (TPSA) is 61.0 Å². The molecule has 1 aliphatic rings. The van der Waals surface area contributed by atoms with Gasteiger partial charge in [-0.1, -0.05) is 0 Å². The third-order valence-electron chi connectivity index (χ3n) is 3.57. The number of aryl methyl sites for hydroxylation is 1. The Labute approximate surface area is 102 Å². The Balaban J connectivity index is 2.12. The maximum absolute atomic E-state index is 12.3. The van der Waals surface area contributed by atoms with E-state index in [1.807, 2.05) is 25.8 Å². The summed E-state index contributed by atoms with van der Waals surface area (Å²) in [6.45, 7) is 5.49. The number of carbonyl (C=O) groups excluding carboxylic acids is 1. The van der Waals surface area contributed by atoms with E-state index in [0.717, 1.165) is 37.2 Å². The first-order chi connectivity index (χ1) is 8.13. The number of carbonyl (C=O) groups is 1. The predicted octanol–water partition coefficient (Wildman–Crippen LogP) is 0.851. The predicted molar refractivity (Wildman–Crippen MR) is 66.0 cm³/mol. The Kier molecular flexibility index (Phi) is 3.47. The van der Waals surface area contributed by atoms with Crippen molar-refractivity contribution in [2.24, 2.45) is 0 Å². The normalized spacial score (nSPS) is 20.6. The van der Waals surface area contributed by atoms with Crippen molar-refractivity contribution in [1.29, 1.82) is 0 Å². The Morgan fingerprint density at radius 2 is 2.29 bits per heavy atom.